The lowest BCUT2D eigenvalue weighted by Gasteiger charge is -2.50. The summed E-state index contributed by atoms with van der Waals surface area (Å²) in [6.45, 7) is 2.32. The van der Waals surface area contributed by atoms with E-state index < -0.39 is 0 Å². The number of benzene rings is 1. The Kier molecular flexibility index (Phi) is 4.00. The second kappa shape index (κ2) is 5.76. The molecule has 124 valence electrons. The molecule has 0 spiro atoms. The van der Waals surface area contributed by atoms with Crippen LogP contribution in [0.2, 0.25) is 0 Å². The monoisotopic (exact) mass is 424 g/mol. The van der Waals surface area contributed by atoms with Crippen LogP contribution in [0.15, 0.2) is 16.2 Å². The molecular formula is C20H25IO2. The fourth-order valence-electron chi connectivity index (χ4n) is 5.93. The number of rotatable bonds is 1. The predicted octanol–water partition coefficient (Wildman–Crippen LogP) is 5.01. The van der Waals surface area contributed by atoms with Gasteiger partial charge in [-0.2, -0.15) is 0 Å². The number of aliphatic hydroxyl groups is 1. The molecule has 5 atom stereocenters. The Bertz CT molecular complexity index is 653. The molecule has 0 saturated heterocycles. The molecule has 2 saturated carbocycles. The summed E-state index contributed by atoms with van der Waals surface area (Å²) in [5, 5.41) is 20.5. The number of phenols is 1. The number of hydrogen-bond donors (Lipinski definition) is 2. The minimum atomic E-state index is -0.108. The van der Waals surface area contributed by atoms with Crippen LogP contribution in [0, 0.1) is 17.3 Å². The lowest BCUT2D eigenvalue weighted by atomic mass is 9.55. The Hall–Kier alpha value is -0.550. The van der Waals surface area contributed by atoms with Crippen molar-refractivity contribution >= 4 is 28.7 Å². The van der Waals surface area contributed by atoms with E-state index in [0.717, 1.165) is 19.3 Å². The van der Waals surface area contributed by atoms with Gasteiger partial charge in [0, 0.05) is 0 Å². The number of fused-ring (bicyclic) bond motifs is 5. The van der Waals surface area contributed by atoms with E-state index in [1.54, 1.807) is 0 Å². The number of aromatic hydroxyl groups is 1. The Morgan fingerprint density at radius 2 is 2.04 bits per heavy atom. The highest BCUT2D eigenvalue weighted by molar-refractivity contribution is 14.1. The van der Waals surface area contributed by atoms with Crippen molar-refractivity contribution < 1.29 is 10.2 Å². The van der Waals surface area contributed by atoms with Crippen LogP contribution in [0.3, 0.4) is 0 Å². The van der Waals surface area contributed by atoms with Gasteiger partial charge in [-0.05, 0) is 101 Å². The molecular weight excluding hydrogens is 399 g/mol. The molecule has 0 aliphatic heterocycles. The quantitative estimate of drug-likeness (QED) is 0.622. The lowest BCUT2D eigenvalue weighted by Crippen LogP contribution is -2.44. The van der Waals surface area contributed by atoms with Gasteiger partial charge in [-0.25, -0.2) is 0 Å². The van der Waals surface area contributed by atoms with E-state index in [1.807, 2.05) is 16.2 Å². The predicted molar refractivity (Wildman–Crippen MR) is 102 cm³/mol. The fraction of sp³-hybridized carbons (Fsp3) is 0.600. The molecule has 0 aromatic heterocycles. The van der Waals surface area contributed by atoms with Gasteiger partial charge in [0.1, 0.15) is 5.75 Å². The second-order valence-corrected chi connectivity index (χ2v) is 8.67. The molecule has 2 fully saturated rings. The Morgan fingerprint density at radius 1 is 1.22 bits per heavy atom. The zero-order valence-electron chi connectivity index (χ0n) is 13.6. The summed E-state index contributed by atoms with van der Waals surface area (Å²) in [6, 6.07) is 3.90. The molecule has 1 aromatic rings. The standard InChI is InChI=1S/C20H25IO2/c1-20-8-6-16-15(17(20)4-5-18(20)23)3-2-12-10-14(22)11-13(7-9-21)19(12)16/h7,9-11,15-18,22-23H,2-6,8H2,1H3/t15-,16+,17+,18-,20+/m1/s1. The molecule has 1 aromatic carbocycles. The zero-order valence-corrected chi connectivity index (χ0v) is 15.8. The number of hydrogen-bond acceptors (Lipinski definition) is 2. The summed E-state index contributed by atoms with van der Waals surface area (Å²) in [5.74, 6) is 2.35. The van der Waals surface area contributed by atoms with Gasteiger partial charge in [-0.1, -0.05) is 29.5 Å². The summed E-state index contributed by atoms with van der Waals surface area (Å²) in [4.78, 5) is 0. The average Bonchev–Trinajstić information content (AvgIpc) is 2.82. The van der Waals surface area contributed by atoms with Crippen LogP contribution in [0.1, 0.15) is 61.6 Å². The normalized spacial score (nSPS) is 39.1. The van der Waals surface area contributed by atoms with E-state index in [0.29, 0.717) is 23.5 Å². The molecule has 4 rings (SSSR count). The smallest absolute Gasteiger partial charge is 0.116 e. The molecule has 2 N–H and O–H groups in total. The minimum absolute atomic E-state index is 0.108. The molecule has 3 aliphatic carbocycles. The average molecular weight is 424 g/mol. The summed E-state index contributed by atoms with van der Waals surface area (Å²) >= 11 is 2.26. The van der Waals surface area contributed by atoms with Crippen molar-refractivity contribution in [3.63, 3.8) is 0 Å². The van der Waals surface area contributed by atoms with Crippen LogP contribution in [0.5, 0.6) is 5.75 Å². The number of aliphatic hydroxyl groups excluding tert-OH is 1. The molecule has 0 radical (unpaired) electrons. The third kappa shape index (κ3) is 2.38. The molecule has 0 amide bonds. The maximum absolute atomic E-state index is 10.5. The first-order valence-electron chi connectivity index (χ1n) is 8.85. The van der Waals surface area contributed by atoms with Crippen LogP contribution in [0.25, 0.3) is 6.08 Å². The summed E-state index contributed by atoms with van der Waals surface area (Å²) in [7, 11) is 0. The van der Waals surface area contributed by atoms with Gasteiger partial charge in [-0.15, -0.1) is 0 Å². The fourth-order valence-corrected chi connectivity index (χ4v) is 6.32. The zero-order chi connectivity index (χ0) is 16.2. The van der Waals surface area contributed by atoms with Crippen molar-refractivity contribution in [2.75, 3.05) is 0 Å². The van der Waals surface area contributed by atoms with Crippen LogP contribution >= 0.6 is 22.6 Å². The van der Waals surface area contributed by atoms with Crippen molar-refractivity contribution in [3.8, 4) is 5.75 Å². The number of aryl methyl sites for hydroxylation is 1. The minimum Gasteiger partial charge on any atom is -0.508 e. The first-order valence-corrected chi connectivity index (χ1v) is 10.1. The highest BCUT2D eigenvalue weighted by Gasteiger charge is 2.54. The molecule has 23 heavy (non-hydrogen) atoms. The lowest BCUT2D eigenvalue weighted by molar-refractivity contribution is -0.0226. The first kappa shape index (κ1) is 15.9. The SMILES string of the molecule is C[C@]12CC[C@@H]3c4c(C=CI)cc(O)cc4CC[C@H]3[C@@H]1CC[C@H]2O. The van der Waals surface area contributed by atoms with Crippen molar-refractivity contribution in [2.24, 2.45) is 17.3 Å². The van der Waals surface area contributed by atoms with Gasteiger partial charge in [0.15, 0.2) is 0 Å². The van der Waals surface area contributed by atoms with E-state index in [1.165, 1.54) is 36.0 Å². The molecule has 3 aliphatic rings. The van der Waals surface area contributed by atoms with E-state index in [4.69, 9.17) is 0 Å². The molecule has 0 unspecified atom stereocenters. The van der Waals surface area contributed by atoms with Crippen LogP contribution in [-0.4, -0.2) is 16.3 Å². The van der Waals surface area contributed by atoms with Crippen molar-refractivity contribution in [2.45, 2.75) is 57.5 Å². The maximum Gasteiger partial charge on any atom is 0.116 e. The van der Waals surface area contributed by atoms with Gasteiger partial charge < -0.3 is 10.2 Å². The number of halogens is 1. The van der Waals surface area contributed by atoms with Gasteiger partial charge in [0.05, 0.1) is 6.10 Å². The number of phenolic OH excluding ortho intramolecular Hbond substituents is 1. The van der Waals surface area contributed by atoms with Gasteiger partial charge in [0.2, 0.25) is 0 Å². The van der Waals surface area contributed by atoms with Gasteiger partial charge >= 0.3 is 0 Å². The van der Waals surface area contributed by atoms with Crippen molar-refractivity contribution in [1.29, 1.82) is 0 Å². The highest BCUT2D eigenvalue weighted by atomic mass is 127. The van der Waals surface area contributed by atoms with Crippen LogP contribution in [0.4, 0.5) is 0 Å². The highest BCUT2D eigenvalue weighted by Crippen LogP contribution is 2.61. The first-order chi connectivity index (χ1) is 11.0. The molecule has 0 bridgehead atoms. The van der Waals surface area contributed by atoms with Crippen molar-refractivity contribution in [3.05, 3.63) is 32.9 Å². The topological polar surface area (TPSA) is 40.5 Å². The van der Waals surface area contributed by atoms with E-state index in [9.17, 15) is 10.2 Å². The third-order valence-electron chi connectivity index (χ3n) is 7.03. The van der Waals surface area contributed by atoms with Gasteiger partial charge in [0.25, 0.3) is 0 Å². The Morgan fingerprint density at radius 3 is 2.83 bits per heavy atom. The van der Waals surface area contributed by atoms with Gasteiger partial charge in [-0.3, -0.25) is 0 Å². The molecule has 0 heterocycles. The van der Waals surface area contributed by atoms with E-state index in [-0.39, 0.29) is 11.5 Å². The molecule has 3 heteroatoms. The summed E-state index contributed by atoms with van der Waals surface area (Å²) in [6.07, 6.45) is 8.78. The van der Waals surface area contributed by atoms with Crippen molar-refractivity contribution in [1.82, 2.24) is 0 Å². The summed E-state index contributed by atoms with van der Waals surface area (Å²) in [5.41, 5.74) is 4.16. The Balaban J connectivity index is 1.77. The van der Waals surface area contributed by atoms with Crippen LogP contribution < -0.4 is 0 Å². The third-order valence-corrected chi connectivity index (χ3v) is 7.39. The van der Waals surface area contributed by atoms with E-state index in [2.05, 4.69) is 35.6 Å². The molecule has 2 nitrogen and oxygen atoms in total. The Labute approximate surface area is 152 Å². The second-order valence-electron chi connectivity index (χ2n) is 7.95. The maximum atomic E-state index is 10.5. The van der Waals surface area contributed by atoms with E-state index >= 15 is 0 Å². The largest absolute Gasteiger partial charge is 0.508 e. The van der Waals surface area contributed by atoms with Crippen LogP contribution in [-0.2, 0) is 6.42 Å². The summed E-state index contributed by atoms with van der Waals surface area (Å²) < 4.78 is 2.04.